The predicted octanol–water partition coefficient (Wildman–Crippen LogP) is 2.81. The van der Waals surface area contributed by atoms with E-state index < -0.39 is 0 Å². The summed E-state index contributed by atoms with van der Waals surface area (Å²) in [4.78, 5) is 4.53. The van der Waals surface area contributed by atoms with Crippen LogP contribution in [-0.4, -0.2) is 17.5 Å². The van der Waals surface area contributed by atoms with Crippen LogP contribution in [0.3, 0.4) is 0 Å². The van der Waals surface area contributed by atoms with E-state index in [9.17, 15) is 0 Å². The summed E-state index contributed by atoms with van der Waals surface area (Å²) in [5.41, 5.74) is 0.330. The van der Waals surface area contributed by atoms with Crippen LogP contribution in [0.4, 0.5) is 0 Å². The van der Waals surface area contributed by atoms with E-state index in [2.05, 4.69) is 24.2 Å². The highest BCUT2D eigenvalue weighted by atomic mass is 32.2. The van der Waals surface area contributed by atoms with Crippen LogP contribution < -0.4 is 5.32 Å². The second-order valence-electron chi connectivity index (χ2n) is 4.94. The van der Waals surface area contributed by atoms with Gasteiger partial charge in [0.25, 0.3) is 0 Å². The quantitative estimate of drug-likeness (QED) is 0.861. The molecule has 88 valence electrons. The van der Waals surface area contributed by atoms with E-state index in [-0.39, 0.29) is 0 Å². The second-order valence-corrected chi connectivity index (χ2v) is 5.90. The third-order valence-electron chi connectivity index (χ3n) is 2.46. The average Bonchev–Trinajstić information content (AvgIpc) is 2.63. The van der Waals surface area contributed by atoms with Crippen molar-refractivity contribution in [2.24, 2.45) is 10.4 Å². The zero-order valence-electron chi connectivity index (χ0n) is 10.0. The van der Waals surface area contributed by atoms with Crippen molar-refractivity contribution in [3.05, 3.63) is 23.7 Å². The molecule has 0 fully saturated rings. The van der Waals surface area contributed by atoms with Crippen molar-refractivity contribution in [1.29, 1.82) is 0 Å². The van der Waals surface area contributed by atoms with Crippen LogP contribution in [-0.2, 0) is 6.54 Å². The summed E-state index contributed by atoms with van der Waals surface area (Å²) >= 11 is 1.79. The van der Waals surface area contributed by atoms with Crippen LogP contribution in [0.5, 0.6) is 0 Å². The van der Waals surface area contributed by atoms with Gasteiger partial charge in [-0.05, 0) is 24.5 Å². The van der Waals surface area contributed by atoms with Crippen molar-refractivity contribution in [2.45, 2.75) is 27.3 Å². The van der Waals surface area contributed by atoms with E-state index in [0.717, 1.165) is 35.5 Å². The fourth-order valence-electron chi connectivity index (χ4n) is 1.49. The van der Waals surface area contributed by atoms with Gasteiger partial charge in [0.05, 0.1) is 6.54 Å². The summed E-state index contributed by atoms with van der Waals surface area (Å²) in [6.07, 6.45) is 0. The summed E-state index contributed by atoms with van der Waals surface area (Å²) in [5.74, 6) is 3.04. The van der Waals surface area contributed by atoms with Crippen molar-refractivity contribution >= 4 is 16.9 Å². The number of hydrogen-bond donors (Lipinski definition) is 1. The molecule has 0 aliphatic carbocycles. The zero-order chi connectivity index (χ0) is 11.6. The first-order valence-corrected chi connectivity index (χ1v) is 6.50. The van der Waals surface area contributed by atoms with Gasteiger partial charge in [-0.1, -0.05) is 25.6 Å². The molecule has 4 heteroatoms. The highest BCUT2D eigenvalue weighted by Crippen LogP contribution is 2.27. The highest BCUT2D eigenvalue weighted by molar-refractivity contribution is 8.13. The number of rotatable bonds is 2. The Morgan fingerprint density at radius 1 is 1.50 bits per heavy atom. The molecule has 1 aliphatic rings. The van der Waals surface area contributed by atoms with Gasteiger partial charge in [0.2, 0.25) is 0 Å². The standard InChI is InChI=1S/C12H18N2OS/c1-9-4-5-10(15-9)6-13-11-14-7-12(2,3)8-16-11/h4-5H,6-8H2,1-3H3,(H,13,14). The van der Waals surface area contributed by atoms with Gasteiger partial charge in [-0.25, -0.2) is 0 Å². The number of amidine groups is 1. The van der Waals surface area contributed by atoms with Crippen molar-refractivity contribution in [1.82, 2.24) is 5.32 Å². The highest BCUT2D eigenvalue weighted by Gasteiger charge is 2.23. The van der Waals surface area contributed by atoms with E-state index >= 15 is 0 Å². The third kappa shape index (κ3) is 3.04. The molecule has 1 aliphatic heterocycles. The summed E-state index contributed by atoms with van der Waals surface area (Å²) < 4.78 is 5.49. The van der Waals surface area contributed by atoms with E-state index in [4.69, 9.17) is 4.42 Å². The Balaban J connectivity index is 1.85. The summed E-state index contributed by atoms with van der Waals surface area (Å²) in [7, 11) is 0. The smallest absolute Gasteiger partial charge is 0.156 e. The number of thioether (sulfide) groups is 1. The van der Waals surface area contributed by atoms with Crippen molar-refractivity contribution in [2.75, 3.05) is 12.3 Å². The summed E-state index contributed by atoms with van der Waals surface area (Å²) in [6, 6.07) is 3.98. The lowest BCUT2D eigenvalue weighted by Crippen LogP contribution is -2.30. The van der Waals surface area contributed by atoms with Gasteiger partial charge in [-0.15, -0.1) is 0 Å². The molecule has 0 atom stereocenters. The molecular weight excluding hydrogens is 220 g/mol. The van der Waals surface area contributed by atoms with Crippen molar-refractivity contribution in [3.8, 4) is 0 Å². The van der Waals surface area contributed by atoms with E-state index in [1.165, 1.54) is 0 Å². The number of nitrogens with zero attached hydrogens (tertiary/aromatic N) is 1. The SMILES string of the molecule is Cc1ccc(CNC2=NCC(C)(C)CS2)o1. The Kier molecular flexibility index (Phi) is 3.28. The Labute approximate surface area is 101 Å². The monoisotopic (exact) mass is 238 g/mol. The summed E-state index contributed by atoms with van der Waals surface area (Å²) in [6.45, 7) is 8.07. The van der Waals surface area contributed by atoms with Crippen LogP contribution in [0.25, 0.3) is 0 Å². The van der Waals surface area contributed by atoms with Gasteiger partial charge in [-0.2, -0.15) is 0 Å². The lowest BCUT2D eigenvalue weighted by molar-refractivity contribution is 0.436. The fraction of sp³-hybridized carbons (Fsp3) is 0.583. The van der Waals surface area contributed by atoms with E-state index in [1.807, 2.05) is 19.1 Å². The van der Waals surface area contributed by atoms with E-state index in [0.29, 0.717) is 5.41 Å². The van der Waals surface area contributed by atoms with Crippen molar-refractivity contribution < 1.29 is 4.42 Å². The molecule has 1 aromatic rings. The van der Waals surface area contributed by atoms with Gasteiger partial charge in [0, 0.05) is 12.3 Å². The number of nitrogens with one attached hydrogen (secondary N) is 1. The molecule has 16 heavy (non-hydrogen) atoms. The Morgan fingerprint density at radius 3 is 2.88 bits per heavy atom. The van der Waals surface area contributed by atoms with Crippen molar-refractivity contribution in [3.63, 3.8) is 0 Å². The first-order valence-electron chi connectivity index (χ1n) is 5.52. The fourth-order valence-corrected chi connectivity index (χ4v) is 2.44. The molecule has 1 aromatic heterocycles. The van der Waals surface area contributed by atoms with Crippen LogP contribution in [0, 0.1) is 12.3 Å². The average molecular weight is 238 g/mol. The number of hydrogen-bond acceptors (Lipinski definition) is 4. The molecule has 0 radical (unpaired) electrons. The van der Waals surface area contributed by atoms with Gasteiger partial charge >= 0.3 is 0 Å². The minimum absolute atomic E-state index is 0.330. The molecule has 0 aromatic carbocycles. The predicted molar refractivity (Wildman–Crippen MR) is 68.8 cm³/mol. The maximum atomic E-state index is 5.49. The lowest BCUT2D eigenvalue weighted by atomic mass is 9.97. The molecule has 0 bridgehead atoms. The van der Waals surface area contributed by atoms with Gasteiger partial charge < -0.3 is 9.73 Å². The van der Waals surface area contributed by atoms with E-state index in [1.54, 1.807) is 11.8 Å². The molecule has 0 saturated carbocycles. The Bertz CT molecular complexity index is 395. The Hall–Kier alpha value is -0.900. The minimum Gasteiger partial charge on any atom is -0.465 e. The number of furan rings is 1. The lowest BCUT2D eigenvalue weighted by Gasteiger charge is -2.27. The first kappa shape index (κ1) is 11.6. The molecule has 3 nitrogen and oxygen atoms in total. The molecule has 2 heterocycles. The van der Waals surface area contributed by atoms with Gasteiger partial charge in [0.1, 0.15) is 11.5 Å². The molecule has 0 amide bonds. The molecule has 1 N–H and O–H groups in total. The van der Waals surface area contributed by atoms with Crippen LogP contribution in [0.2, 0.25) is 0 Å². The Morgan fingerprint density at radius 2 is 2.31 bits per heavy atom. The summed E-state index contributed by atoms with van der Waals surface area (Å²) in [5, 5.41) is 4.34. The van der Waals surface area contributed by atoms with Gasteiger partial charge in [0.15, 0.2) is 5.17 Å². The first-order chi connectivity index (χ1) is 7.55. The molecular formula is C12H18N2OS. The minimum atomic E-state index is 0.330. The van der Waals surface area contributed by atoms with Gasteiger partial charge in [-0.3, -0.25) is 4.99 Å². The largest absolute Gasteiger partial charge is 0.465 e. The molecule has 2 rings (SSSR count). The molecule has 0 unspecified atom stereocenters. The maximum Gasteiger partial charge on any atom is 0.156 e. The molecule has 0 saturated heterocycles. The number of aliphatic imine (C=N–C) groups is 1. The second kappa shape index (κ2) is 4.53. The number of aryl methyl sites for hydroxylation is 1. The van der Waals surface area contributed by atoms with Crippen LogP contribution in [0.1, 0.15) is 25.4 Å². The maximum absolute atomic E-state index is 5.49. The third-order valence-corrected chi connectivity index (χ3v) is 3.93. The zero-order valence-corrected chi connectivity index (χ0v) is 10.9. The molecule has 0 spiro atoms. The normalized spacial score (nSPS) is 19.3. The topological polar surface area (TPSA) is 37.5 Å². The van der Waals surface area contributed by atoms with Crippen LogP contribution >= 0.6 is 11.8 Å². The van der Waals surface area contributed by atoms with Crippen LogP contribution in [0.15, 0.2) is 21.5 Å².